The summed E-state index contributed by atoms with van der Waals surface area (Å²) in [6.07, 6.45) is 1.03. The number of nitriles is 1. The zero-order chi connectivity index (χ0) is 21.2. The number of rotatable bonds is 8. The molecule has 0 spiro atoms. The summed E-state index contributed by atoms with van der Waals surface area (Å²) >= 11 is 11.6. The highest BCUT2D eigenvalue weighted by molar-refractivity contribution is 7.80. The van der Waals surface area contributed by atoms with Gasteiger partial charge in [-0.2, -0.15) is 5.26 Å². The maximum atomic E-state index is 11.1. The number of ether oxygens (including phenoxy) is 2. The van der Waals surface area contributed by atoms with Crippen molar-refractivity contribution in [1.82, 2.24) is 0 Å². The quantitative estimate of drug-likeness (QED) is 0.407. The smallest absolute Gasteiger partial charge is 0.221 e. The first-order valence-corrected chi connectivity index (χ1v) is 9.54. The molecular formula is C20H21ClN4O3S. The molecule has 0 fully saturated rings. The second kappa shape index (κ2) is 11.1. The lowest BCUT2D eigenvalue weighted by Gasteiger charge is -2.16. The zero-order valence-electron chi connectivity index (χ0n) is 16.0. The van der Waals surface area contributed by atoms with Crippen LogP contribution in [0.3, 0.4) is 0 Å². The molecule has 2 aromatic rings. The number of methoxy groups -OCH3 is 1. The molecule has 0 radical (unpaired) electrons. The molecular weight excluding hydrogens is 412 g/mol. The van der Waals surface area contributed by atoms with E-state index in [0.29, 0.717) is 52.5 Å². The van der Waals surface area contributed by atoms with Crippen molar-refractivity contribution in [3.05, 3.63) is 41.4 Å². The average Bonchev–Trinajstić information content (AvgIpc) is 2.67. The number of unbranched alkanes of at least 4 members (excludes halogenated alkanes) is 1. The van der Waals surface area contributed by atoms with Crippen LogP contribution in [0.15, 0.2) is 36.4 Å². The van der Waals surface area contributed by atoms with Crippen molar-refractivity contribution >= 4 is 51.9 Å². The average molecular weight is 433 g/mol. The summed E-state index contributed by atoms with van der Waals surface area (Å²) < 4.78 is 11.0. The van der Waals surface area contributed by atoms with Crippen LogP contribution in [0, 0.1) is 11.3 Å². The predicted octanol–water partition coefficient (Wildman–Crippen LogP) is 4.80. The van der Waals surface area contributed by atoms with E-state index in [2.05, 4.69) is 22.0 Å². The Labute approximate surface area is 180 Å². The molecule has 2 aromatic carbocycles. The third-order valence-electron chi connectivity index (χ3n) is 3.66. The van der Waals surface area contributed by atoms with Gasteiger partial charge in [0.15, 0.2) is 5.11 Å². The fourth-order valence-electron chi connectivity index (χ4n) is 2.37. The summed E-state index contributed by atoms with van der Waals surface area (Å²) in [5.74, 6) is 0.846. The number of nitrogens with zero attached hydrogens (tertiary/aromatic N) is 1. The maximum Gasteiger partial charge on any atom is 0.221 e. The highest BCUT2D eigenvalue weighted by atomic mass is 35.5. The Hall–Kier alpha value is -3.02. The predicted molar refractivity (Wildman–Crippen MR) is 119 cm³/mol. The molecule has 0 aliphatic carbocycles. The molecule has 0 aliphatic rings. The molecule has 0 heterocycles. The molecule has 0 saturated heterocycles. The molecule has 0 atom stereocenters. The van der Waals surface area contributed by atoms with Gasteiger partial charge in [0.25, 0.3) is 0 Å². The van der Waals surface area contributed by atoms with Crippen LogP contribution in [0.25, 0.3) is 0 Å². The van der Waals surface area contributed by atoms with E-state index in [9.17, 15) is 4.79 Å². The fraction of sp³-hybridized carbons (Fsp3) is 0.250. The van der Waals surface area contributed by atoms with Crippen LogP contribution >= 0.6 is 23.8 Å². The number of hydrogen-bond acceptors (Lipinski definition) is 5. The minimum Gasteiger partial charge on any atom is -0.494 e. The van der Waals surface area contributed by atoms with Gasteiger partial charge in [0.1, 0.15) is 11.5 Å². The van der Waals surface area contributed by atoms with Crippen molar-refractivity contribution in [3.8, 4) is 17.6 Å². The highest BCUT2D eigenvalue weighted by Gasteiger charge is 2.12. The van der Waals surface area contributed by atoms with E-state index in [1.807, 2.05) is 0 Å². The van der Waals surface area contributed by atoms with Gasteiger partial charge in [-0.15, -0.1) is 0 Å². The third-order valence-corrected chi connectivity index (χ3v) is 4.16. The number of thiocarbonyl (C=S) groups is 1. The fourth-order valence-corrected chi connectivity index (χ4v) is 2.82. The molecule has 0 bridgehead atoms. The summed E-state index contributed by atoms with van der Waals surface area (Å²) in [5.41, 5.74) is 2.02. The molecule has 29 heavy (non-hydrogen) atoms. The number of carbonyl (C=O) groups is 1. The van der Waals surface area contributed by atoms with Crippen molar-refractivity contribution < 1.29 is 14.3 Å². The van der Waals surface area contributed by atoms with Gasteiger partial charge in [0, 0.05) is 30.8 Å². The van der Waals surface area contributed by atoms with E-state index in [1.165, 1.54) is 14.0 Å². The summed E-state index contributed by atoms with van der Waals surface area (Å²) in [7, 11) is 1.53. The van der Waals surface area contributed by atoms with Crippen LogP contribution in [0.1, 0.15) is 19.8 Å². The van der Waals surface area contributed by atoms with Gasteiger partial charge in [0.2, 0.25) is 5.91 Å². The Morgan fingerprint density at radius 1 is 1.14 bits per heavy atom. The monoisotopic (exact) mass is 432 g/mol. The Morgan fingerprint density at radius 3 is 2.38 bits per heavy atom. The molecule has 0 aliphatic heterocycles. The Morgan fingerprint density at radius 2 is 1.79 bits per heavy atom. The Bertz CT molecular complexity index is 913. The number of nitrogens with one attached hydrogen (secondary N) is 3. The number of hydrogen-bond donors (Lipinski definition) is 3. The van der Waals surface area contributed by atoms with E-state index in [1.54, 1.807) is 36.4 Å². The van der Waals surface area contributed by atoms with Gasteiger partial charge >= 0.3 is 0 Å². The van der Waals surface area contributed by atoms with Gasteiger partial charge in [0.05, 0.1) is 30.5 Å². The molecule has 2 rings (SSSR count). The number of halogens is 1. The standard InChI is InChI=1S/C20H21ClN4O3S/c1-13(26)23-14-5-7-15(8-6-14)24-20(29)25-17-11-16(21)18(12-19(17)27-2)28-10-4-3-9-22/h5-8,11-12H,3-4,10H2,1-2H3,(H,23,26)(H2,24,25,29). The van der Waals surface area contributed by atoms with E-state index in [-0.39, 0.29) is 5.91 Å². The maximum absolute atomic E-state index is 11.1. The van der Waals surface area contributed by atoms with Crippen LogP contribution in [-0.4, -0.2) is 24.7 Å². The van der Waals surface area contributed by atoms with E-state index in [0.717, 1.165) is 5.69 Å². The van der Waals surface area contributed by atoms with Gasteiger partial charge in [-0.05, 0) is 49.0 Å². The second-order valence-corrected chi connectivity index (χ2v) is 6.75. The minimum absolute atomic E-state index is 0.135. The lowest BCUT2D eigenvalue weighted by atomic mass is 10.2. The molecule has 0 saturated carbocycles. The zero-order valence-corrected chi connectivity index (χ0v) is 17.6. The van der Waals surface area contributed by atoms with Gasteiger partial charge in [-0.3, -0.25) is 4.79 Å². The van der Waals surface area contributed by atoms with Gasteiger partial charge < -0.3 is 25.4 Å². The SMILES string of the molecule is COc1cc(OCCCC#N)c(Cl)cc1NC(=S)Nc1ccc(NC(C)=O)cc1. The Kier molecular flexibility index (Phi) is 8.52. The number of carbonyl (C=O) groups excluding carboxylic acids is 1. The summed E-state index contributed by atoms with van der Waals surface area (Å²) in [5, 5.41) is 18.1. The van der Waals surface area contributed by atoms with E-state index < -0.39 is 0 Å². The molecule has 7 nitrogen and oxygen atoms in total. The summed E-state index contributed by atoms with van der Waals surface area (Å²) in [6.45, 7) is 1.84. The number of anilines is 3. The van der Waals surface area contributed by atoms with Crippen molar-refractivity contribution in [2.45, 2.75) is 19.8 Å². The van der Waals surface area contributed by atoms with Crippen molar-refractivity contribution in [1.29, 1.82) is 5.26 Å². The van der Waals surface area contributed by atoms with E-state index in [4.69, 9.17) is 38.6 Å². The van der Waals surface area contributed by atoms with E-state index >= 15 is 0 Å². The first-order valence-electron chi connectivity index (χ1n) is 8.76. The first-order chi connectivity index (χ1) is 13.9. The highest BCUT2D eigenvalue weighted by Crippen LogP contribution is 2.36. The molecule has 0 unspecified atom stereocenters. The largest absolute Gasteiger partial charge is 0.494 e. The number of amides is 1. The lowest BCUT2D eigenvalue weighted by molar-refractivity contribution is -0.114. The van der Waals surface area contributed by atoms with Crippen molar-refractivity contribution in [2.24, 2.45) is 0 Å². The summed E-state index contributed by atoms with van der Waals surface area (Å²) in [6, 6.07) is 12.5. The molecule has 9 heteroatoms. The molecule has 3 N–H and O–H groups in total. The van der Waals surface area contributed by atoms with Crippen LogP contribution in [-0.2, 0) is 4.79 Å². The first kappa shape index (κ1) is 22.3. The Balaban J connectivity index is 2.02. The van der Waals surface area contributed by atoms with Crippen molar-refractivity contribution in [3.63, 3.8) is 0 Å². The molecule has 1 amide bonds. The van der Waals surface area contributed by atoms with Crippen molar-refractivity contribution in [2.75, 3.05) is 29.7 Å². The molecule has 152 valence electrons. The van der Waals surface area contributed by atoms with Crippen LogP contribution in [0.4, 0.5) is 17.1 Å². The number of benzene rings is 2. The van der Waals surface area contributed by atoms with Crippen LogP contribution < -0.4 is 25.4 Å². The summed E-state index contributed by atoms with van der Waals surface area (Å²) in [4.78, 5) is 11.1. The van der Waals surface area contributed by atoms with Gasteiger partial charge in [-0.25, -0.2) is 0 Å². The normalized spacial score (nSPS) is 9.86. The minimum atomic E-state index is -0.135. The second-order valence-electron chi connectivity index (χ2n) is 5.93. The molecule has 0 aromatic heterocycles. The van der Waals surface area contributed by atoms with Crippen LogP contribution in [0.2, 0.25) is 5.02 Å². The lowest BCUT2D eigenvalue weighted by Crippen LogP contribution is -2.19. The van der Waals surface area contributed by atoms with Gasteiger partial charge in [-0.1, -0.05) is 11.6 Å². The topological polar surface area (TPSA) is 95.4 Å². The van der Waals surface area contributed by atoms with Crippen LogP contribution in [0.5, 0.6) is 11.5 Å². The third kappa shape index (κ3) is 7.14.